The minimum atomic E-state index is 0.730. The van der Waals surface area contributed by atoms with Crippen LogP contribution in [0.15, 0.2) is 60.7 Å². The van der Waals surface area contributed by atoms with Gasteiger partial charge in [0.05, 0.1) is 19.7 Å². The number of hydrogen-bond donors (Lipinski definition) is 2. The van der Waals surface area contributed by atoms with E-state index in [2.05, 4.69) is 73.7 Å². The highest BCUT2D eigenvalue weighted by molar-refractivity contribution is 5.48. The van der Waals surface area contributed by atoms with Gasteiger partial charge in [0.15, 0.2) is 0 Å². The monoisotopic (exact) mass is 366 g/mol. The lowest BCUT2D eigenvalue weighted by atomic mass is 10.0. The van der Waals surface area contributed by atoms with E-state index in [0.717, 1.165) is 24.8 Å². The summed E-state index contributed by atoms with van der Waals surface area (Å²) in [4.78, 5) is 3.49. The number of hydrogen-bond acceptors (Lipinski definition) is 1. The van der Waals surface area contributed by atoms with Crippen LogP contribution in [0.1, 0.15) is 24.5 Å². The van der Waals surface area contributed by atoms with E-state index in [1.165, 1.54) is 43.7 Å². The molecule has 1 aliphatic rings. The van der Waals surface area contributed by atoms with Gasteiger partial charge in [-0.05, 0) is 42.7 Å². The topological polar surface area (TPSA) is 18.1 Å². The summed E-state index contributed by atoms with van der Waals surface area (Å²) in [6.45, 7) is 8.70. The number of aryl methyl sites for hydroxylation is 1. The predicted molar refractivity (Wildman–Crippen MR) is 113 cm³/mol. The molecular weight excluding hydrogens is 332 g/mol. The second-order valence-electron chi connectivity index (χ2n) is 7.71. The number of piperazine rings is 1. The Hall–Kier alpha value is -2.10. The van der Waals surface area contributed by atoms with E-state index in [1.807, 2.05) is 0 Å². The zero-order valence-corrected chi connectivity index (χ0v) is 16.8. The second kappa shape index (κ2) is 10.3. The molecule has 3 rings (SSSR count). The summed E-state index contributed by atoms with van der Waals surface area (Å²) < 4.78 is 5.24. The quantitative estimate of drug-likeness (QED) is 0.725. The first-order valence-electron chi connectivity index (χ1n) is 10.3. The highest BCUT2D eigenvalue weighted by Gasteiger charge is 2.25. The Morgan fingerprint density at radius 3 is 2.33 bits per heavy atom. The van der Waals surface area contributed by atoms with E-state index >= 15 is 0 Å². The van der Waals surface area contributed by atoms with E-state index in [9.17, 15) is 0 Å². The third-order valence-electron chi connectivity index (χ3n) is 5.84. The fourth-order valence-electron chi connectivity index (χ4n) is 3.93. The molecule has 0 aromatic heterocycles. The molecule has 144 valence electrons. The van der Waals surface area contributed by atoms with Gasteiger partial charge in [0.1, 0.15) is 31.9 Å². The van der Waals surface area contributed by atoms with Gasteiger partial charge in [0.25, 0.3) is 0 Å². The Balaban J connectivity index is 1.37. The van der Waals surface area contributed by atoms with Gasteiger partial charge in [-0.3, -0.25) is 0 Å². The molecule has 0 unspecified atom stereocenters. The number of benzene rings is 2. The Bertz CT molecular complexity index is 688. The zero-order chi connectivity index (χ0) is 18.9. The molecule has 2 aromatic carbocycles. The molecule has 3 heteroatoms. The third kappa shape index (κ3) is 6.23. The Morgan fingerprint density at radius 1 is 0.963 bits per heavy atom. The predicted octanol–water partition coefficient (Wildman–Crippen LogP) is 1.51. The zero-order valence-electron chi connectivity index (χ0n) is 16.8. The SMILES string of the molecule is COc1ccc(CC[C@H](C)[NH+]2CC[NH+](C/C=C/c3ccccc3)CC2)cc1. The Morgan fingerprint density at radius 2 is 1.67 bits per heavy atom. The van der Waals surface area contributed by atoms with Crippen molar-refractivity contribution < 1.29 is 14.5 Å². The molecule has 1 heterocycles. The summed E-state index contributed by atoms with van der Waals surface area (Å²) in [6.07, 6.45) is 7.00. The van der Waals surface area contributed by atoms with E-state index in [4.69, 9.17) is 4.74 Å². The van der Waals surface area contributed by atoms with Gasteiger partial charge in [-0.15, -0.1) is 0 Å². The van der Waals surface area contributed by atoms with E-state index in [0.29, 0.717) is 0 Å². The second-order valence-corrected chi connectivity index (χ2v) is 7.71. The van der Waals surface area contributed by atoms with Crippen LogP contribution in [-0.2, 0) is 6.42 Å². The number of rotatable bonds is 8. The fourth-order valence-corrected chi connectivity index (χ4v) is 3.93. The standard InChI is InChI=1S/C24H32N2O/c1-21(10-11-23-12-14-24(27-2)15-13-23)26-19-17-25(18-20-26)16-6-9-22-7-4-3-5-8-22/h3-9,12-15,21H,10-11,16-20H2,1-2H3/p+2/b9-6+/t21-/m0/s1. The molecule has 2 aromatic rings. The lowest BCUT2D eigenvalue weighted by Gasteiger charge is -2.33. The molecule has 0 bridgehead atoms. The molecule has 1 atom stereocenters. The van der Waals surface area contributed by atoms with Crippen molar-refractivity contribution >= 4 is 6.08 Å². The van der Waals surface area contributed by atoms with Gasteiger partial charge in [0.2, 0.25) is 0 Å². The number of methoxy groups -OCH3 is 1. The summed E-state index contributed by atoms with van der Waals surface area (Å²) in [6, 6.07) is 19.9. The average Bonchev–Trinajstić information content (AvgIpc) is 2.73. The molecule has 1 saturated heterocycles. The molecule has 0 saturated carbocycles. The molecule has 27 heavy (non-hydrogen) atoms. The van der Waals surface area contributed by atoms with Crippen LogP contribution >= 0.6 is 0 Å². The van der Waals surface area contributed by atoms with Crippen LogP contribution in [0.25, 0.3) is 6.08 Å². The Kier molecular flexibility index (Phi) is 7.49. The van der Waals surface area contributed by atoms with Crippen LogP contribution in [0, 0.1) is 0 Å². The van der Waals surface area contributed by atoms with Gasteiger partial charge in [0, 0.05) is 6.42 Å². The maximum atomic E-state index is 5.24. The first-order valence-corrected chi connectivity index (χ1v) is 10.3. The van der Waals surface area contributed by atoms with Crippen molar-refractivity contribution in [3.8, 4) is 5.75 Å². The molecule has 1 fully saturated rings. The average molecular weight is 367 g/mol. The van der Waals surface area contributed by atoms with Crippen molar-refractivity contribution in [1.82, 2.24) is 0 Å². The van der Waals surface area contributed by atoms with Gasteiger partial charge < -0.3 is 14.5 Å². The first kappa shape index (κ1) is 19.7. The smallest absolute Gasteiger partial charge is 0.127 e. The lowest BCUT2D eigenvalue weighted by molar-refractivity contribution is -1.02. The lowest BCUT2D eigenvalue weighted by Crippen LogP contribution is -3.29. The number of quaternary nitrogens is 2. The molecule has 0 aliphatic carbocycles. The highest BCUT2D eigenvalue weighted by atomic mass is 16.5. The minimum Gasteiger partial charge on any atom is -0.497 e. The van der Waals surface area contributed by atoms with Crippen molar-refractivity contribution in [3.63, 3.8) is 0 Å². The van der Waals surface area contributed by atoms with Crippen LogP contribution in [0.2, 0.25) is 0 Å². The van der Waals surface area contributed by atoms with Crippen LogP contribution < -0.4 is 14.5 Å². The molecule has 1 aliphatic heterocycles. The van der Waals surface area contributed by atoms with Gasteiger partial charge in [-0.2, -0.15) is 0 Å². The van der Waals surface area contributed by atoms with Crippen molar-refractivity contribution in [3.05, 3.63) is 71.8 Å². The maximum Gasteiger partial charge on any atom is 0.127 e. The minimum absolute atomic E-state index is 0.730. The van der Waals surface area contributed by atoms with Crippen molar-refractivity contribution in [2.24, 2.45) is 0 Å². The van der Waals surface area contributed by atoms with Crippen LogP contribution in [0.4, 0.5) is 0 Å². The van der Waals surface area contributed by atoms with Gasteiger partial charge in [-0.1, -0.05) is 48.5 Å². The van der Waals surface area contributed by atoms with Crippen LogP contribution in [-0.4, -0.2) is 45.9 Å². The summed E-state index contributed by atoms with van der Waals surface area (Å²) in [5.74, 6) is 0.942. The van der Waals surface area contributed by atoms with Crippen molar-refractivity contribution in [2.75, 3.05) is 39.8 Å². The summed E-state index contributed by atoms with van der Waals surface area (Å²) in [7, 11) is 1.72. The number of nitrogens with one attached hydrogen (secondary N) is 2. The van der Waals surface area contributed by atoms with Crippen LogP contribution in [0.5, 0.6) is 5.75 Å². The van der Waals surface area contributed by atoms with Gasteiger partial charge in [-0.25, -0.2) is 0 Å². The molecular formula is C24H34N2O+2. The summed E-state index contributed by atoms with van der Waals surface area (Å²) >= 11 is 0. The van der Waals surface area contributed by atoms with E-state index in [1.54, 1.807) is 16.9 Å². The number of ether oxygens (including phenoxy) is 1. The molecule has 2 N–H and O–H groups in total. The largest absolute Gasteiger partial charge is 0.497 e. The third-order valence-corrected chi connectivity index (χ3v) is 5.84. The van der Waals surface area contributed by atoms with E-state index in [-0.39, 0.29) is 0 Å². The summed E-state index contributed by atoms with van der Waals surface area (Å²) in [5.41, 5.74) is 2.71. The maximum absolute atomic E-state index is 5.24. The fraction of sp³-hybridized carbons (Fsp3) is 0.417. The molecule has 0 amide bonds. The summed E-state index contributed by atoms with van der Waals surface area (Å²) in [5, 5.41) is 0. The molecule has 0 spiro atoms. The van der Waals surface area contributed by atoms with Crippen molar-refractivity contribution in [1.29, 1.82) is 0 Å². The first-order chi connectivity index (χ1) is 13.2. The molecule has 3 nitrogen and oxygen atoms in total. The highest BCUT2D eigenvalue weighted by Crippen LogP contribution is 2.12. The molecule has 0 radical (unpaired) electrons. The van der Waals surface area contributed by atoms with Crippen LogP contribution in [0.3, 0.4) is 0 Å². The van der Waals surface area contributed by atoms with Crippen molar-refractivity contribution in [2.45, 2.75) is 25.8 Å². The van der Waals surface area contributed by atoms with Gasteiger partial charge >= 0.3 is 0 Å². The Labute approximate surface area is 164 Å². The van der Waals surface area contributed by atoms with E-state index < -0.39 is 0 Å². The normalized spacial score (nSPS) is 21.3.